The summed E-state index contributed by atoms with van der Waals surface area (Å²) in [6, 6.07) is 0. The van der Waals surface area contributed by atoms with Gasteiger partial charge in [0.2, 0.25) is 0 Å². The van der Waals surface area contributed by atoms with Crippen molar-refractivity contribution in [1.82, 2.24) is 0 Å². The second kappa shape index (κ2) is 11.0. The first kappa shape index (κ1) is 21.4. The van der Waals surface area contributed by atoms with Crippen molar-refractivity contribution in [2.24, 2.45) is 5.92 Å². The van der Waals surface area contributed by atoms with Gasteiger partial charge in [-0.3, -0.25) is 9.59 Å². The molecular formula is C16H28O7. The van der Waals surface area contributed by atoms with Crippen molar-refractivity contribution in [2.45, 2.75) is 76.7 Å². The molecule has 0 spiro atoms. The molecule has 0 fully saturated rings. The summed E-state index contributed by atoms with van der Waals surface area (Å²) < 4.78 is 0. The van der Waals surface area contributed by atoms with Crippen molar-refractivity contribution in [2.75, 3.05) is 0 Å². The molecule has 0 aromatic carbocycles. The maximum Gasteiger partial charge on any atom is 0.336 e. The SMILES string of the molecule is CCCCCCCCCC(C(=O)O)C(O)(CCC(=O)O)C(=O)O. The van der Waals surface area contributed by atoms with E-state index in [0.29, 0.717) is 6.42 Å². The molecule has 0 aliphatic heterocycles. The van der Waals surface area contributed by atoms with Gasteiger partial charge >= 0.3 is 17.9 Å². The molecule has 0 aliphatic carbocycles. The van der Waals surface area contributed by atoms with Crippen LogP contribution >= 0.6 is 0 Å². The molecule has 2 unspecified atom stereocenters. The van der Waals surface area contributed by atoms with Gasteiger partial charge in [-0.15, -0.1) is 0 Å². The number of carboxylic acid groups (broad SMARTS) is 3. The van der Waals surface area contributed by atoms with E-state index in [4.69, 9.17) is 10.2 Å². The quantitative estimate of drug-likeness (QED) is 0.359. The van der Waals surface area contributed by atoms with E-state index in [1.165, 1.54) is 0 Å². The average Bonchev–Trinajstić information content (AvgIpc) is 2.47. The van der Waals surface area contributed by atoms with Crippen LogP contribution in [0.5, 0.6) is 0 Å². The van der Waals surface area contributed by atoms with E-state index in [2.05, 4.69) is 6.92 Å². The lowest BCUT2D eigenvalue weighted by Crippen LogP contribution is -2.49. The van der Waals surface area contributed by atoms with Gasteiger partial charge in [-0.2, -0.15) is 0 Å². The fraction of sp³-hybridized carbons (Fsp3) is 0.812. The lowest BCUT2D eigenvalue weighted by molar-refractivity contribution is -0.176. The van der Waals surface area contributed by atoms with Crippen LogP contribution in [-0.4, -0.2) is 43.9 Å². The van der Waals surface area contributed by atoms with Gasteiger partial charge in [0.15, 0.2) is 5.60 Å². The minimum absolute atomic E-state index is 0.0194. The number of unbranched alkanes of at least 4 members (excludes halogenated alkanes) is 6. The Balaban J connectivity index is 4.57. The highest BCUT2D eigenvalue weighted by atomic mass is 16.4. The Labute approximate surface area is 136 Å². The van der Waals surface area contributed by atoms with Crippen molar-refractivity contribution in [3.63, 3.8) is 0 Å². The Hall–Kier alpha value is -1.63. The van der Waals surface area contributed by atoms with Crippen molar-refractivity contribution in [3.05, 3.63) is 0 Å². The van der Waals surface area contributed by atoms with E-state index in [1.807, 2.05) is 0 Å². The molecule has 4 N–H and O–H groups in total. The van der Waals surface area contributed by atoms with Gasteiger partial charge < -0.3 is 20.4 Å². The minimum Gasteiger partial charge on any atom is -0.481 e. The van der Waals surface area contributed by atoms with Crippen molar-refractivity contribution >= 4 is 17.9 Å². The van der Waals surface area contributed by atoms with Crippen LogP contribution in [0.4, 0.5) is 0 Å². The Kier molecular flexibility index (Phi) is 10.2. The molecule has 0 rings (SSSR count). The van der Waals surface area contributed by atoms with Crippen LogP contribution in [0.15, 0.2) is 0 Å². The summed E-state index contributed by atoms with van der Waals surface area (Å²) in [4.78, 5) is 33.2. The van der Waals surface area contributed by atoms with Gasteiger partial charge in [0.25, 0.3) is 0 Å². The lowest BCUT2D eigenvalue weighted by Gasteiger charge is -2.29. The van der Waals surface area contributed by atoms with Crippen LogP contribution in [0.1, 0.15) is 71.1 Å². The van der Waals surface area contributed by atoms with Crippen molar-refractivity contribution in [3.8, 4) is 0 Å². The van der Waals surface area contributed by atoms with Crippen molar-refractivity contribution < 1.29 is 34.8 Å². The summed E-state index contributed by atoms with van der Waals surface area (Å²) in [6.07, 6.45) is 5.47. The van der Waals surface area contributed by atoms with Gasteiger partial charge in [0.1, 0.15) is 0 Å². The van der Waals surface area contributed by atoms with Gasteiger partial charge in [-0.25, -0.2) is 4.79 Å². The first-order chi connectivity index (χ1) is 10.8. The molecule has 0 saturated heterocycles. The monoisotopic (exact) mass is 332 g/mol. The Morgan fingerprint density at radius 3 is 1.87 bits per heavy atom. The Bertz CT molecular complexity index is 394. The maximum atomic E-state index is 11.3. The summed E-state index contributed by atoms with van der Waals surface area (Å²) >= 11 is 0. The predicted molar refractivity (Wildman–Crippen MR) is 83.2 cm³/mol. The number of carbonyl (C=O) groups is 3. The third-order valence-electron chi connectivity index (χ3n) is 4.06. The second-order valence-corrected chi connectivity index (χ2v) is 5.92. The molecule has 7 heteroatoms. The molecule has 23 heavy (non-hydrogen) atoms. The number of aliphatic carboxylic acids is 3. The largest absolute Gasteiger partial charge is 0.481 e. The van der Waals surface area contributed by atoms with Crippen LogP contribution in [0.25, 0.3) is 0 Å². The van der Waals surface area contributed by atoms with Gasteiger partial charge in [-0.1, -0.05) is 51.9 Å². The highest BCUT2D eigenvalue weighted by Crippen LogP contribution is 2.29. The van der Waals surface area contributed by atoms with E-state index >= 15 is 0 Å². The van der Waals surface area contributed by atoms with E-state index in [0.717, 1.165) is 38.5 Å². The normalized spacial score (nSPS) is 14.9. The molecule has 0 aromatic rings. The molecule has 134 valence electrons. The van der Waals surface area contributed by atoms with E-state index in [1.54, 1.807) is 0 Å². The molecule has 0 saturated carbocycles. The number of aliphatic hydroxyl groups is 1. The molecule has 0 aromatic heterocycles. The molecule has 0 bridgehead atoms. The van der Waals surface area contributed by atoms with Crippen LogP contribution in [0.3, 0.4) is 0 Å². The number of hydrogen-bond acceptors (Lipinski definition) is 4. The van der Waals surface area contributed by atoms with Crippen LogP contribution < -0.4 is 0 Å². The smallest absolute Gasteiger partial charge is 0.336 e. The molecule has 0 aliphatic rings. The Morgan fingerprint density at radius 2 is 1.43 bits per heavy atom. The van der Waals surface area contributed by atoms with E-state index in [-0.39, 0.29) is 6.42 Å². The average molecular weight is 332 g/mol. The van der Waals surface area contributed by atoms with E-state index < -0.39 is 42.3 Å². The Morgan fingerprint density at radius 1 is 0.913 bits per heavy atom. The molecular weight excluding hydrogens is 304 g/mol. The standard InChI is InChI=1S/C16H28O7/c1-2-3-4-5-6-7-8-9-12(14(19)20)16(23,15(21)22)11-10-13(17)18/h12,23H,2-11H2,1H3,(H,17,18)(H,19,20)(H,21,22). The predicted octanol–water partition coefficient (Wildman–Crippen LogP) is 2.51. The lowest BCUT2D eigenvalue weighted by atomic mass is 9.80. The molecule has 7 nitrogen and oxygen atoms in total. The van der Waals surface area contributed by atoms with Gasteiger partial charge in [-0.05, 0) is 12.8 Å². The molecule has 0 heterocycles. The zero-order chi connectivity index (χ0) is 17.9. The maximum absolute atomic E-state index is 11.3. The van der Waals surface area contributed by atoms with Gasteiger partial charge in [0, 0.05) is 6.42 Å². The van der Waals surface area contributed by atoms with Gasteiger partial charge in [0.05, 0.1) is 5.92 Å². The topological polar surface area (TPSA) is 132 Å². The first-order valence-electron chi connectivity index (χ1n) is 8.16. The summed E-state index contributed by atoms with van der Waals surface area (Å²) in [6.45, 7) is 2.11. The third kappa shape index (κ3) is 7.97. The fourth-order valence-corrected chi connectivity index (χ4v) is 2.60. The number of rotatable bonds is 14. The second-order valence-electron chi connectivity index (χ2n) is 5.92. The molecule has 2 atom stereocenters. The summed E-state index contributed by atoms with van der Waals surface area (Å²) in [5, 5.41) is 37.2. The number of hydrogen-bond donors (Lipinski definition) is 4. The summed E-state index contributed by atoms with van der Waals surface area (Å²) in [5.41, 5.74) is -2.55. The summed E-state index contributed by atoms with van der Waals surface area (Å²) in [7, 11) is 0. The molecule has 0 amide bonds. The molecule has 0 radical (unpaired) electrons. The summed E-state index contributed by atoms with van der Waals surface area (Å²) in [5.74, 6) is -5.87. The van der Waals surface area contributed by atoms with Crippen LogP contribution in [0, 0.1) is 5.92 Å². The zero-order valence-electron chi connectivity index (χ0n) is 13.7. The van der Waals surface area contributed by atoms with Crippen LogP contribution in [0.2, 0.25) is 0 Å². The highest BCUT2D eigenvalue weighted by molar-refractivity contribution is 5.86. The van der Waals surface area contributed by atoms with Crippen molar-refractivity contribution in [1.29, 1.82) is 0 Å². The fourth-order valence-electron chi connectivity index (χ4n) is 2.60. The highest BCUT2D eigenvalue weighted by Gasteiger charge is 2.47. The third-order valence-corrected chi connectivity index (χ3v) is 4.06. The number of carboxylic acids is 3. The minimum atomic E-state index is -2.55. The van der Waals surface area contributed by atoms with Crippen LogP contribution in [-0.2, 0) is 14.4 Å². The zero-order valence-corrected chi connectivity index (χ0v) is 13.7. The first-order valence-corrected chi connectivity index (χ1v) is 8.16. The van der Waals surface area contributed by atoms with E-state index in [9.17, 15) is 24.6 Å².